The molecule has 0 saturated carbocycles. The molecule has 140 valence electrons. The molecule has 0 radical (unpaired) electrons. The lowest BCUT2D eigenvalue weighted by Gasteiger charge is -2.18. The zero-order chi connectivity index (χ0) is 19.4. The normalized spacial score (nSPS) is 10.7. The van der Waals surface area contributed by atoms with Crippen molar-refractivity contribution in [2.45, 2.75) is 33.7 Å². The smallest absolute Gasteiger partial charge is 0.286 e. The van der Waals surface area contributed by atoms with Crippen LogP contribution in [-0.4, -0.2) is 23.2 Å². The second-order valence-corrected chi connectivity index (χ2v) is 7.77. The summed E-state index contributed by atoms with van der Waals surface area (Å²) in [6, 6.07) is 14.3. The van der Waals surface area contributed by atoms with Crippen LogP contribution in [0.5, 0.6) is 0 Å². The van der Waals surface area contributed by atoms with Crippen molar-refractivity contribution in [2.75, 3.05) is 17.3 Å². The Morgan fingerprint density at radius 3 is 2.37 bits per heavy atom. The van der Waals surface area contributed by atoms with Gasteiger partial charge in [0.1, 0.15) is 5.01 Å². The van der Waals surface area contributed by atoms with Crippen LogP contribution in [0.2, 0.25) is 0 Å². The summed E-state index contributed by atoms with van der Waals surface area (Å²) in [6.45, 7) is 6.89. The van der Waals surface area contributed by atoms with E-state index in [0.717, 1.165) is 22.8 Å². The molecule has 2 aromatic carbocycles. The van der Waals surface area contributed by atoms with E-state index < -0.39 is 0 Å². The first-order valence-electron chi connectivity index (χ1n) is 8.96. The van der Waals surface area contributed by atoms with E-state index in [1.54, 1.807) is 0 Å². The zero-order valence-electron chi connectivity index (χ0n) is 16.1. The molecule has 3 rings (SSSR count). The third kappa shape index (κ3) is 4.92. The van der Waals surface area contributed by atoms with Gasteiger partial charge in [-0.05, 0) is 61.2 Å². The van der Waals surface area contributed by atoms with Crippen molar-refractivity contribution in [2.24, 2.45) is 0 Å². The number of carbonyl (C=O) groups excluding carboxylic acids is 1. The van der Waals surface area contributed by atoms with Crippen molar-refractivity contribution in [1.29, 1.82) is 0 Å². The van der Waals surface area contributed by atoms with Crippen LogP contribution in [0, 0.1) is 13.8 Å². The standard InChI is InChI=1S/C21H24N4OS/c1-5-16-6-8-17(9-7-16)22-20(26)21-24-23-19(27-21)13-25(4)18-11-14(2)10-15(3)12-18/h6-12H,5,13H2,1-4H3,(H,22,26). The maximum Gasteiger partial charge on any atom is 0.286 e. The Labute approximate surface area is 164 Å². The maximum atomic E-state index is 12.4. The average Bonchev–Trinajstić information content (AvgIpc) is 3.10. The van der Waals surface area contributed by atoms with Crippen molar-refractivity contribution in [1.82, 2.24) is 10.2 Å². The third-order valence-electron chi connectivity index (χ3n) is 4.30. The predicted molar refractivity (Wildman–Crippen MR) is 112 cm³/mol. The molecule has 0 bridgehead atoms. The highest BCUT2D eigenvalue weighted by atomic mass is 32.1. The molecule has 27 heavy (non-hydrogen) atoms. The summed E-state index contributed by atoms with van der Waals surface area (Å²) in [5, 5.41) is 12.3. The summed E-state index contributed by atoms with van der Waals surface area (Å²) in [5.41, 5.74) is 5.58. The molecular weight excluding hydrogens is 356 g/mol. The average molecular weight is 381 g/mol. The predicted octanol–water partition coefficient (Wildman–Crippen LogP) is 4.61. The first kappa shape index (κ1) is 19.0. The number of rotatable bonds is 6. The fourth-order valence-corrected chi connectivity index (χ4v) is 3.67. The highest BCUT2D eigenvalue weighted by molar-refractivity contribution is 7.13. The van der Waals surface area contributed by atoms with Crippen molar-refractivity contribution in [3.8, 4) is 0 Å². The quantitative estimate of drug-likeness (QED) is 0.679. The van der Waals surface area contributed by atoms with E-state index in [1.165, 1.54) is 28.0 Å². The Morgan fingerprint density at radius 2 is 1.74 bits per heavy atom. The minimum atomic E-state index is -0.225. The number of amides is 1. The lowest BCUT2D eigenvalue weighted by molar-refractivity contribution is 0.102. The van der Waals surface area contributed by atoms with Crippen LogP contribution in [0.15, 0.2) is 42.5 Å². The summed E-state index contributed by atoms with van der Waals surface area (Å²) in [7, 11) is 2.02. The van der Waals surface area contributed by atoms with Gasteiger partial charge in [-0.25, -0.2) is 0 Å². The minimum Gasteiger partial charge on any atom is -0.368 e. The molecule has 0 aliphatic carbocycles. The number of carbonyl (C=O) groups is 1. The topological polar surface area (TPSA) is 58.1 Å². The van der Waals surface area contributed by atoms with E-state index in [0.29, 0.717) is 11.6 Å². The van der Waals surface area contributed by atoms with E-state index in [4.69, 9.17) is 0 Å². The van der Waals surface area contributed by atoms with Crippen LogP contribution in [0.25, 0.3) is 0 Å². The van der Waals surface area contributed by atoms with Crippen LogP contribution < -0.4 is 10.2 Å². The Balaban J connectivity index is 1.65. The van der Waals surface area contributed by atoms with Crippen LogP contribution in [0.4, 0.5) is 11.4 Å². The molecule has 5 nitrogen and oxygen atoms in total. The van der Waals surface area contributed by atoms with Crippen molar-refractivity contribution in [3.05, 3.63) is 69.2 Å². The number of hydrogen-bond donors (Lipinski definition) is 1. The molecule has 1 heterocycles. The number of nitrogens with zero attached hydrogens (tertiary/aromatic N) is 3. The molecule has 3 aromatic rings. The Morgan fingerprint density at radius 1 is 1.07 bits per heavy atom. The van der Waals surface area contributed by atoms with Crippen LogP contribution in [0.1, 0.15) is 38.4 Å². The number of benzene rings is 2. The van der Waals surface area contributed by atoms with Crippen LogP contribution in [0.3, 0.4) is 0 Å². The molecule has 0 atom stereocenters. The van der Waals surface area contributed by atoms with Gasteiger partial charge in [0.2, 0.25) is 5.01 Å². The Hall–Kier alpha value is -2.73. The van der Waals surface area contributed by atoms with Crippen molar-refractivity contribution < 1.29 is 4.79 Å². The second-order valence-electron chi connectivity index (χ2n) is 6.71. The van der Waals surface area contributed by atoms with Crippen molar-refractivity contribution in [3.63, 3.8) is 0 Å². The molecule has 0 aliphatic rings. The molecule has 1 amide bonds. The van der Waals surface area contributed by atoms with E-state index in [-0.39, 0.29) is 5.91 Å². The highest BCUT2D eigenvalue weighted by Gasteiger charge is 2.14. The van der Waals surface area contributed by atoms with Gasteiger partial charge in [0.25, 0.3) is 5.91 Å². The first-order chi connectivity index (χ1) is 12.9. The van der Waals surface area contributed by atoms with Gasteiger partial charge in [0.05, 0.1) is 6.54 Å². The molecule has 6 heteroatoms. The fourth-order valence-electron chi connectivity index (χ4n) is 2.88. The van der Waals surface area contributed by atoms with Crippen LogP contribution in [-0.2, 0) is 13.0 Å². The van der Waals surface area contributed by atoms with Gasteiger partial charge in [0.15, 0.2) is 0 Å². The van der Waals surface area contributed by atoms with Gasteiger partial charge >= 0.3 is 0 Å². The fraction of sp³-hybridized carbons (Fsp3) is 0.286. The molecule has 0 saturated heterocycles. The largest absolute Gasteiger partial charge is 0.368 e. The van der Waals surface area contributed by atoms with Gasteiger partial charge in [-0.3, -0.25) is 4.79 Å². The molecule has 0 spiro atoms. The Kier molecular flexibility index (Phi) is 5.86. The van der Waals surface area contributed by atoms with Crippen molar-refractivity contribution >= 4 is 28.6 Å². The summed E-state index contributed by atoms with van der Waals surface area (Å²) in [6.07, 6.45) is 0.974. The third-order valence-corrected chi connectivity index (χ3v) is 5.21. The molecule has 1 aromatic heterocycles. The van der Waals surface area contributed by atoms with Gasteiger partial charge < -0.3 is 10.2 Å². The number of anilines is 2. The first-order valence-corrected chi connectivity index (χ1v) is 9.78. The molecule has 0 fully saturated rings. The Bertz CT molecular complexity index is 913. The summed E-state index contributed by atoms with van der Waals surface area (Å²) in [4.78, 5) is 14.5. The van der Waals surface area contributed by atoms with E-state index in [2.05, 4.69) is 59.4 Å². The maximum absolute atomic E-state index is 12.4. The second kappa shape index (κ2) is 8.31. The van der Waals surface area contributed by atoms with Gasteiger partial charge in [-0.1, -0.05) is 36.5 Å². The van der Waals surface area contributed by atoms with Crippen LogP contribution >= 0.6 is 11.3 Å². The molecular formula is C21H24N4OS. The summed E-state index contributed by atoms with van der Waals surface area (Å²) < 4.78 is 0. The molecule has 1 N–H and O–H groups in total. The number of nitrogens with one attached hydrogen (secondary N) is 1. The molecule has 0 unspecified atom stereocenters. The summed E-state index contributed by atoms with van der Waals surface area (Å²) >= 11 is 1.32. The minimum absolute atomic E-state index is 0.225. The number of aromatic nitrogens is 2. The van der Waals surface area contributed by atoms with E-state index >= 15 is 0 Å². The van der Waals surface area contributed by atoms with Gasteiger partial charge in [-0.15, -0.1) is 10.2 Å². The number of hydrogen-bond acceptors (Lipinski definition) is 5. The van der Waals surface area contributed by atoms with Gasteiger partial charge in [-0.2, -0.15) is 0 Å². The SMILES string of the molecule is CCc1ccc(NC(=O)c2nnc(CN(C)c3cc(C)cc(C)c3)s2)cc1. The zero-order valence-corrected chi connectivity index (χ0v) is 16.9. The van der Waals surface area contributed by atoms with E-state index in [1.807, 2.05) is 31.3 Å². The monoisotopic (exact) mass is 380 g/mol. The van der Waals surface area contributed by atoms with E-state index in [9.17, 15) is 4.79 Å². The summed E-state index contributed by atoms with van der Waals surface area (Å²) in [5.74, 6) is -0.225. The molecule has 0 aliphatic heterocycles. The van der Waals surface area contributed by atoms with Gasteiger partial charge in [0, 0.05) is 18.4 Å². The highest BCUT2D eigenvalue weighted by Crippen LogP contribution is 2.21. The lowest BCUT2D eigenvalue weighted by Crippen LogP contribution is -2.16. The number of aryl methyl sites for hydroxylation is 3. The lowest BCUT2D eigenvalue weighted by atomic mass is 10.1.